The zero-order valence-electron chi connectivity index (χ0n) is 16.9. The molecule has 0 aliphatic heterocycles. The van der Waals surface area contributed by atoms with E-state index < -0.39 is 21.1 Å². The fourth-order valence-electron chi connectivity index (χ4n) is 3.18. The highest BCUT2D eigenvalue weighted by molar-refractivity contribution is 5.81. The Kier molecular flexibility index (Phi) is 6.00. The number of hydrogen-bond acceptors (Lipinski definition) is 9. The van der Waals surface area contributed by atoms with Crippen molar-refractivity contribution in [1.82, 2.24) is 9.97 Å². The first kappa shape index (κ1) is 21.5. The van der Waals surface area contributed by atoms with Gasteiger partial charge in [0, 0.05) is 18.7 Å². The molecule has 1 heterocycles. The lowest BCUT2D eigenvalue weighted by atomic mass is 10.2. The minimum absolute atomic E-state index is 0.0364. The SMILES string of the molecule is CCN(Cc1nc2cc(OC)c(OC)cc2c(=O)[nH]1)c1ccc([N+](=O)[O-])cc1[N+](=O)[O-]. The van der Waals surface area contributed by atoms with Crippen LogP contribution in [0.25, 0.3) is 10.9 Å². The highest BCUT2D eigenvalue weighted by Gasteiger charge is 2.23. The number of aromatic amines is 1. The lowest BCUT2D eigenvalue weighted by molar-refractivity contribution is -0.393. The van der Waals surface area contributed by atoms with E-state index in [0.717, 1.165) is 6.07 Å². The molecule has 12 nitrogen and oxygen atoms in total. The fourth-order valence-corrected chi connectivity index (χ4v) is 3.18. The van der Waals surface area contributed by atoms with E-state index >= 15 is 0 Å². The summed E-state index contributed by atoms with van der Waals surface area (Å²) in [4.78, 5) is 42.4. The van der Waals surface area contributed by atoms with Gasteiger partial charge in [-0.15, -0.1) is 0 Å². The molecule has 0 aliphatic carbocycles. The molecule has 0 atom stereocenters. The summed E-state index contributed by atoms with van der Waals surface area (Å²) in [6.07, 6.45) is 0. The molecule has 1 aromatic heterocycles. The lowest BCUT2D eigenvalue weighted by Crippen LogP contribution is -2.26. The maximum absolute atomic E-state index is 12.6. The number of aromatic nitrogens is 2. The van der Waals surface area contributed by atoms with Crippen LogP contribution in [0.3, 0.4) is 0 Å². The van der Waals surface area contributed by atoms with Gasteiger partial charge < -0.3 is 19.4 Å². The number of methoxy groups -OCH3 is 2. The number of rotatable bonds is 8. The topological polar surface area (TPSA) is 154 Å². The quantitative estimate of drug-likeness (QED) is 0.420. The summed E-state index contributed by atoms with van der Waals surface area (Å²) in [5, 5.41) is 22.8. The van der Waals surface area contributed by atoms with Gasteiger partial charge in [0.25, 0.3) is 16.9 Å². The minimum Gasteiger partial charge on any atom is -0.493 e. The maximum Gasteiger partial charge on any atom is 0.299 e. The number of nitrogens with zero attached hydrogens (tertiary/aromatic N) is 4. The van der Waals surface area contributed by atoms with Crippen molar-refractivity contribution in [2.45, 2.75) is 13.5 Å². The molecule has 1 N–H and O–H groups in total. The lowest BCUT2D eigenvalue weighted by Gasteiger charge is -2.22. The Hall–Kier alpha value is -4.22. The Morgan fingerprint density at radius 3 is 2.32 bits per heavy atom. The molecule has 0 amide bonds. The van der Waals surface area contributed by atoms with E-state index in [-0.39, 0.29) is 23.7 Å². The molecule has 0 radical (unpaired) electrons. The molecular weight excluding hydrogens is 410 g/mol. The Balaban J connectivity index is 2.05. The number of anilines is 1. The molecule has 12 heteroatoms. The van der Waals surface area contributed by atoms with E-state index in [1.54, 1.807) is 17.9 Å². The van der Waals surface area contributed by atoms with E-state index in [1.165, 1.54) is 32.4 Å². The summed E-state index contributed by atoms with van der Waals surface area (Å²) in [5.41, 5.74) is -0.663. The monoisotopic (exact) mass is 429 g/mol. The second-order valence-electron chi connectivity index (χ2n) is 6.44. The van der Waals surface area contributed by atoms with E-state index in [0.29, 0.717) is 28.9 Å². The zero-order chi connectivity index (χ0) is 22.7. The maximum atomic E-state index is 12.6. The third-order valence-corrected chi connectivity index (χ3v) is 4.69. The molecule has 0 bridgehead atoms. The summed E-state index contributed by atoms with van der Waals surface area (Å²) in [7, 11) is 2.92. The third kappa shape index (κ3) is 4.22. The highest BCUT2D eigenvalue weighted by Crippen LogP contribution is 2.33. The van der Waals surface area contributed by atoms with Crippen molar-refractivity contribution >= 4 is 28.0 Å². The zero-order valence-corrected chi connectivity index (χ0v) is 16.9. The Bertz CT molecular complexity index is 1220. The van der Waals surface area contributed by atoms with Crippen LogP contribution < -0.4 is 19.9 Å². The van der Waals surface area contributed by atoms with Crippen LogP contribution in [-0.4, -0.2) is 40.6 Å². The van der Waals surface area contributed by atoms with Gasteiger partial charge in [0.2, 0.25) is 0 Å². The van der Waals surface area contributed by atoms with Gasteiger partial charge in [-0.2, -0.15) is 0 Å². The summed E-state index contributed by atoms with van der Waals surface area (Å²) < 4.78 is 10.5. The highest BCUT2D eigenvalue weighted by atomic mass is 16.6. The molecule has 0 saturated carbocycles. The van der Waals surface area contributed by atoms with Gasteiger partial charge in [0.05, 0.1) is 47.6 Å². The first-order valence-corrected chi connectivity index (χ1v) is 9.11. The molecule has 3 aromatic rings. The Morgan fingerprint density at radius 1 is 1.06 bits per heavy atom. The number of non-ortho nitro benzene ring substituents is 1. The van der Waals surface area contributed by atoms with Gasteiger partial charge in [-0.1, -0.05) is 0 Å². The second-order valence-corrected chi connectivity index (χ2v) is 6.44. The van der Waals surface area contributed by atoms with Crippen molar-refractivity contribution in [3.8, 4) is 11.5 Å². The van der Waals surface area contributed by atoms with Gasteiger partial charge >= 0.3 is 0 Å². The van der Waals surface area contributed by atoms with Crippen LogP contribution in [0.15, 0.2) is 35.1 Å². The van der Waals surface area contributed by atoms with E-state index in [1.807, 2.05) is 0 Å². The normalized spacial score (nSPS) is 10.7. The van der Waals surface area contributed by atoms with E-state index in [9.17, 15) is 25.0 Å². The third-order valence-electron chi connectivity index (χ3n) is 4.69. The molecule has 2 aromatic carbocycles. The predicted octanol–water partition coefficient (Wildman–Crippen LogP) is 2.78. The molecule has 0 spiro atoms. The van der Waals surface area contributed by atoms with E-state index in [2.05, 4.69) is 9.97 Å². The average molecular weight is 429 g/mol. The number of fused-ring (bicyclic) bond motifs is 1. The van der Waals surface area contributed by atoms with Crippen LogP contribution in [0.1, 0.15) is 12.7 Å². The minimum atomic E-state index is -0.697. The van der Waals surface area contributed by atoms with Crippen molar-refractivity contribution in [1.29, 1.82) is 0 Å². The summed E-state index contributed by atoms with van der Waals surface area (Å²) >= 11 is 0. The van der Waals surface area contributed by atoms with Crippen molar-refractivity contribution in [3.63, 3.8) is 0 Å². The van der Waals surface area contributed by atoms with Crippen molar-refractivity contribution in [2.24, 2.45) is 0 Å². The molecule has 0 unspecified atom stereocenters. The van der Waals surface area contributed by atoms with Gasteiger partial charge in [0.1, 0.15) is 11.5 Å². The number of nitro groups is 2. The molecule has 0 aliphatic rings. The van der Waals surface area contributed by atoms with Crippen LogP contribution in [0.5, 0.6) is 11.5 Å². The predicted molar refractivity (Wildman–Crippen MR) is 112 cm³/mol. The second kappa shape index (κ2) is 8.65. The number of ether oxygens (including phenoxy) is 2. The number of nitro benzene ring substituents is 2. The standard InChI is InChI=1S/C19H19N5O7/c1-4-22(14-6-5-11(23(26)27)7-15(14)24(28)29)10-18-20-13-9-17(31-3)16(30-2)8-12(13)19(25)21-18/h5-9H,4,10H2,1-3H3,(H,20,21,25). The number of H-pyrrole nitrogens is 1. The number of nitrogens with one attached hydrogen (secondary N) is 1. The average Bonchev–Trinajstić information content (AvgIpc) is 2.76. The van der Waals surface area contributed by atoms with Crippen molar-refractivity contribution in [2.75, 3.05) is 25.7 Å². The Morgan fingerprint density at radius 2 is 1.74 bits per heavy atom. The molecule has 162 valence electrons. The summed E-state index contributed by atoms with van der Waals surface area (Å²) in [5.74, 6) is 1.04. The van der Waals surface area contributed by atoms with Crippen LogP contribution in [0.2, 0.25) is 0 Å². The first-order chi connectivity index (χ1) is 14.8. The summed E-state index contributed by atoms with van der Waals surface area (Å²) in [6.45, 7) is 2.12. The van der Waals surface area contributed by atoms with Gasteiger partial charge in [0.15, 0.2) is 11.5 Å². The van der Waals surface area contributed by atoms with Crippen LogP contribution in [0.4, 0.5) is 17.1 Å². The van der Waals surface area contributed by atoms with E-state index in [4.69, 9.17) is 9.47 Å². The molecular formula is C19H19N5O7. The van der Waals surface area contributed by atoms with Crippen molar-refractivity contribution in [3.05, 3.63) is 66.7 Å². The number of benzene rings is 2. The van der Waals surface area contributed by atoms with Gasteiger partial charge in [-0.25, -0.2) is 4.98 Å². The first-order valence-electron chi connectivity index (χ1n) is 9.11. The molecule has 31 heavy (non-hydrogen) atoms. The fraction of sp³-hybridized carbons (Fsp3) is 0.263. The van der Waals surface area contributed by atoms with Gasteiger partial charge in [-0.3, -0.25) is 25.0 Å². The molecule has 3 rings (SSSR count). The Labute approximate surface area is 175 Å². The van der Waals surface area contributed by atoms with Crippen LogP contribution in [-0.2, 0) is 6.54 Å². The van der Waals surface area contributed by atoms with Gasteiger partial charge in [-0.05, 0) is 19.1 Å². The largest absolute Gasteiger partial charge is 0.493 e. The molecule has 0 saturated heterocycles. The van der Waals surface area contributed by atoms with Crippen LogP contribution in [0, 0.1) is 20.2 Å². The summed E-state index contributed by atoms with van der Waals surface area (Å²) in [6, 6.07) is 6.50. The van der Waals surface area contributed by atoms with Crippen molar-refractivity contribution < 1.29 is 19.3 Å². The molecule has 0 fully saturated rings. The number of hydrogen-bond donors (Lipinski definition) is 1. The van der Waals surface area contributed by atoms with Crippen LogP contribution >= 0.6 is 0 Å². The smallest absolute Gasteiger partial charge is 0.299 e.